The molecule has 0 fully saturated rings. The van der Waals surface area contributed by atoms with Gasteiger partial charge in [0.05, 0.1) is 7.11 Å². The second-order valence-electron chi connectivity index (χ2n) is 7.90. The number of methoxy groups -OCH3 is 1. The molecule has 0 aromatic heterocycles. The molecule has 0 aliphatic heterocycles. The lowest BCUT2D eigenvalue weighted by atomic mass is 10.1. The third-order valence-corrected chi connectivity index (χ3v) is 5.50. The van der Waals surface area contributed by atoms with E-state index in [1.165, 1.54) is 0 Å². The molecule has 1 N–H and O–H groups in total. The molecule has 6 heteroatoms. The number of nitrogens with one attached hydrogen (secondary N) is 1. The van der Waals surface area contributed by atoms with Gasteiger partial charge in [-0.15, -0.1) is 0 Å². The molecule has 0 radical (unpaired) electrons. The van der Waals surface area contributed by atoms with Crippen molar-refractivity contribution < 1.29 is 19.1 Å². The van der Waals surface area contributed by atoms with Crippen molar-refractivity contribution in [2.75, 3.05) is 13.7 Å². The molecule has 0 saturated carbocycles. The summed E-state index contributed by atoms with van der Waals surface area (Å²) >= 11 is 0. The average molecular weight is 427 g/mol. The number of hydrogen-bond donors (Lipinski definition) is 1. The molecule has 2 atom stereocenters. The lowest BCUT2D eigenvalue weighted by molar-refractivity contribution is -0.142. The van der Waals surface area contributed by atoms with Crippen LogP contribution in [0.2, 0.25) is 0 Å². The van der Waals surface area contributed by atoms with Crippen molar-refractivity contribution in [2.45, 2.75) is 59.7 Å². The van der Waals surface area contributed by atoms with Crippen LogP contribution in [0.1, 0.15) is 43.9 Å². The van der Waals surface area contributed by atoms with Crippen LogP contribution in [0.15, 0.2) is 42.5 Å². The molecule has 2 aromatic carbocycles. The van der Waals surface area contributed by atoms with Gasteiger partial charge in [0.15, 0.2) is 6.61 Å². The predicted molar refractivity (Wildman–Crippen MR) is 122 cm³/mol. The average Bonchev–Trinajstić information content (AvgIpc) is 2.77. The summed E-state index contributed by atoms with van der Waals surface area (Å²) in [6, 6.07) is 12.6. The Morgan fingerprint density at radius 1 is 1.03 bits per heavy atom. The predicted octanol–water partition coefficient (Wildman–Crippen LogP) is 4.02. The highest BCUT2D eigenvalue weighted by atomic mass is 16.5. The van der Waals surface area contributed by atoms with Crippen molar-refractivity contribution in [3.05, 3.63) is 59.2 Å². The van der Waals surface area contributed by atoms with E-state index in [9.17, 15) is 9.59 Å². The largest absolute Gasteiger partial charge is 0.497 e. The van der Waals surface area contributed by atoms with Gasteiger partial charge in [0.25, 0.3) is 5.91 Å². The first kappa shape index (κ1) is 24.3. The summed E-state index contributed by atoms with van der Waals surface area (Å²) in [7, 11) is 1.60. The van der Waals surface area contributed by atoms with Crippen LogP contribution in [0.25, 0.3) is 0 Å². The van der Waals surface area contributed by atoms with Gasteiger partial charge in [-0.2, -0.15) is 0 Å². The Hall–Kier alpha value is -3.02. The third kappa shape index (κ3) is 7.02. The second-order valence-corrected chi connectivity index (χ2v) is 7.90. The van der Waals surface area contributed by atoms with E-state index in [4.69, 9.17) is 9.47 Å². The lowest BCUT2D eigenvalue weighted by Crippen LogP contribution is -2.50. The first-order chi connectivity index (χ1) is 14.7. The van der Waals surface area contributed by atoms with Crippen molar-refractivity contribution in [3.63, 3.8) is 0 Å². The summed E-state index contributed by atoms with van der Waals surface area (Å²) < 4.78 is 11.0. The molecule has 0 heterocycles. The van der Waals surface area contributed by atoms with Crippen LogP contribution in [0, 0.1) is 13.8 Å². The van der Waals surface area contributed by atoms with Crippen LogP contribution in [0.3, 0.4) is 0 Å². The van der Waals surface area contributed by atoms with Crippen molar-refractivity contribution in [1.29, 1.82) is 0 Å². The number of nitrogens with zero attached hydrogens (tertiary/aromatic N) is 1. The minimum absolute atomic E-state index is 0.0375. The third-order valence-electron chi connectivity index (χ3n) is 5.50. The molecule has 168 valence electrons. The topological polar surface area (TPSA) is 67.9 Å². The molecule has 31 heavy (non-hydrogen) atoms. The fourth-order valence-corrected chi connectivity index (χ4v) is 3.05. The number of rotatable bonds is 10. The zero-order valence-corrected chi connectivity index (χ0v) is 19.4. The van der Waals surface area contributed by atoms with Crippen LogP contribution >= 0.6 is 0 Å². The van der Waals surface area contributed by atoms with E-state index in [0.717, 1.165) is 23.1 Å². The van der Waals surface area contributed by atoms with Gasteiger partial charge in [-0.05, 0) is 75.1 Å². The standard InChI is InChI=1S/C25H34N2O4/c1-7-19(4)26-25(29)20(5)27(15-21-9-8-10-22(14-21)30-6)24(28)16-31-23-12-11-17(2)18(3)13-23/h8-14,19-20H,7,15-16H2,1-6H3,(H,26,29). The quantitative estimate of drug-likeness (QED) is 0.623. The fraction of sp³-hybridized carbons (Fsp3) is 0.440. The van der Waals surface area contributed by atoms with E-state index in [0.29, 0.717) is 11.5 Å². The first-order valence-corrected chi connectivity index (χ1v) is 10.7. The van der Waals surface area contributed by atoms with E-state index < -0.39 is 6.04 Å². The Labute approximate surface area is 185 Å². The summed E-state index contributed by atoms with van der Waals surface area (Å²) in [4.78, 5) is 27.4. The maximum absolute atomic E-state index is 13.1. The number of ether oxygens (including phenoxy) is 2. The van der Waals surface area contributed by atoms with Crippen molar-refractivity contribution >= 4 is 11.8 Å². The Kier molecular flexibility index (Phi) is 8.91. The Balaban J connectivity index is 2.18. The van der Waals surface area contributed by atoms with Gasteiger partial charge in [0.1, 0.15) is 17.5 Å². The summed E-state index contributed by atoms with van der Waals surface area (Å²) in [6.07, 6.45) is 0.818. The fourth-order valence-electron chi connectivity index (χ4n) is 3.05. The smallest absolute Gasteiger partial charge is 0.261 e. The number of aryl methyl sites for hydroxylation is 2. The molecule has 0 spiro atoms. The Bertz CT molecular complexity index is 897. The van der Waals surface area contributed by atoms with Crippen molar-refractivity contribution in [1.82, 2.24) is 10.2 Å². The van der Waals surface area contributed by atoms with Crippen LogP contribution in [-0.2, 0) is 16.1 Å². The van der Waals surface area contributed by atoms with Gasteiger partial charge in [-0.3, -0.25) is 9.59 Å². The number of amides is 2. The minimum atomic E-state index is -0.643. The highest BCUT2D eigenvalue weighted by Crippen LogP contribution is 2.18. The maximum Gasteiger partial charge on any atom is 0.261 e. The van der Waals surface area contributed by atoms with Gasteiger partial charge in [0.2, 0.25) is 5.91 Å². The van der Waals surface area contributed by atoms with E-state index in [2.05, 4.69) is 5.32 Å². The van der Waals surface area contributed by atoms with Gasteiger partial charge >= 0.3 is 0 Å². The SMILES string of the molecule is CCC(C)NC(=O)C(C)N(Cc1cccc(OC)c1)C(=O)COc1ccc(C)c(C)c1. The second kappa shape index (κ2) is 11.4. The number of carbonyl (C=O) groups is 2. The van der Waals surface area contributed by atoms with Crippen LogP contribution in [0.4, 0.5) is 0 Å². The summed E-state index contributed by atoms with van der Waals surface area (Å²) in [6.45, 7) is 9.85. The molecule has 0 bridgehead atoms. The number of carbonyl (C=O) groups excluding carboxylic acids is 2. The normalized spacial score (nSPS) is 12.6. The highest BCUT2D eigenvalue weighted by molar-refractivity contribution is 5.88. The first-order valence-electron chi connectivity index (χ1n) is 10.7. The monoisotopic (exact) mass is 426 g/mol. The molecule has 2 aromatic rings. The number of benzene rings is 2. The van der Waals surface area contributed by atoms with Crippen molar-refractivity contribution in [3.8, 4) is 11.5 Å². The molecular weight excluding hydrogens is 392 g/mol. The molecule has 2 amide bonds. The Morgan fingerprint density at radius 3 is 2.42 bits per heavy atom. The summed E-state index contributed by atoms with van der Waals surface area (Å²) in [5, 5.41) is 2.96. The van der Waals surface area contributed by atoms with Crippen molar-refractivity contribution in [2.24, 2.45) is 0 Å². The summed E-state index contributed by atoms with van der Waals surface area (Å²) in [5.41, 5.74) is 3.13. The molecule has 6 nitrogen and oxygen atoms in total. The van der Waals surface area contributed by atoms with Crippen LogP contribution < -0.4 is 14.8 Å². The van der Waals surface area contributed by atoms with Crippen LogP contribution in [-0.4, -0.2) is 42.5 Å². The maximum atomic E-state index is 13.1. The van der Waals surface area contributed by atoms with Gasteiger partial charge in [0, 0.05) is 12.6 Å². The molecule has 0 aliphatic carbocycles. The van der Waals surface area contributed by atoms with Gasteiger partial charge < -0.3 is 19.7 Å². The Morgan fingerprint density at radius 2 is 1.77 bits per heavy atom. The minimum Gasteiger partial charge on any atom is -0.497 e. The highest BCUT2D eigenvalue weighted by Gasteiger charge is 2.27. The van der Waals surface area contributed by atoms with E-state index in [-0.39, 0.29) is 31.0 Å². The zero-order valence-electron chi connectivity index (χ0n) is 19.4. The summed E-state index contributed by atoms with van der Waals surface area (Å²) in [5.74, 6) is 0.895. The molecular formula is C25H34N2O4. The van der Waals surface area contributed by atoms with E-state index in [1.807, 2.05) is 70.2 Å². The van der Waals surface area contributed by atoms with Gasteiger partial charge in [-0.25, -0.2) is 0 Å². The number of hydrogen-bond acceptors (Lipinski definition) is 4. The molecule has 0 saturated heterocycles. The van der Waals surface area contributed by atoms with E-state index in [1.54, 1.807) is 18.9 Å². The van der Waals surface area contributed by atoms with Crippen LogP contribution in [0.5, 0.6) is 11.5 Å². The molecule has 2 rings (SSSR count). The lowest BCUT2D eigenvalue weighted by Gasteiger charge is -2.29. The zero-order chi connectivity index (χ0) is 23.0. The van der Waals surface area contributed by atoms with E-state index >= 15 is 0 Å². The van der Waals surface area contributed by atoms with Gasteiger partial charge in [-0.1, -0.05) is 25.1 Å². The molecule has 2 unspecified atom stereocenters. The molecule has 0 aliphatic rings.